The zero-order valence-corrected chi connectivity index (χ0v) is 20.3. The third-order valence-corrected chi connectivity index (χ3v) is 5.79. The standard InChI is InChI=1S/C26H23IN4O2/c1-2-16-33-22-14-12-19(13-15-22)25-20(18-31(30-25)21-8-4-3-5-9-21)17-28-29-26(32)23-10-6-7-11-24(23)27/h3-15,17-18H,2,16H2,1H3,(H,29,32)/b28-17-. The van der Waals surface area contributed by atoms with Crippen molar-refractivity contribution in [2.75, 3.05) is 6.61 Å². The molecule has 4 aromatic rings. The molecular weight excluding hydrogens is 527 g/mol. The summed E-state index contributed by atoms with van der Waals surface area (Å²) in [4.78, 5) is 12.5. The van der Waals surface area contributed by atoms with Crippen LogP contribution in [-0.2, 0) is 0 Å². The maximum Gasteiger partial charge on any atom is 0.272 e. The average molecular weight is 550 g/mol. The number of nitrogens with zero attached hydrogens (tertiary/aromatic N) is 3. The van der Waals surface area contributed by atoms with Crippen LogP contribution in [0, 0.1) is 3.57 Å². The number of carbonyl (C=O) groups is 1. The van der Waals surface area contributed by atoms with Gasteiger partial charge >= 0.3 is 0 Å². The topological polar surface area (TPSA) is 68.5 Å². The first-order valence-electron chi connectivity index (χ1n) is 10.6. The fraction of sp³-hybridized carbons (Fsp3) is 0.115. The van der Waals surface area contributed by atoms with Crippen LogP contribution < -0.4 is 10.2 Å². The van der Waals surface area contributed by atoms with E-state index in [0.717, 1.165) is 38.2 Å². The summed E-state index contributed by atoms with van der Waals surface area (Å²) in [6.07, 6.45) is 4.47. The van der Waals surface area contributed by atoms with Crippen molar-refractivity contribution in [1.29, 1.82) is 0 Å². The Bertz CT molecular complexity index is 1250. The summed E-state index contributed by atoms with van der Waals surface area (Å²) >= 11 is 2.14. The van der Waals surface area contributed by atoms with Crippen LogP contribution >= 0.6 is 22.6 Å². The highest BCUT2D eigenvalue weighted by atomic mass is 127. The summed E-state index contributed by atoms with van der Waals surface area (Å²) in [5.41, 5.74) is 6.60. The molecule has 4 rings (SSSR count). The van der Waals surface area contributed by atoms with E-state index in [-0.39, 0.29) is 5.91 Å². The third-order valence-electron chi connectivity index (χ3n) is 4.85. The third kappa shape index (κ3) is 5.67. The molecule has 0 bridgehead atoms. The number of aromatic nitrogens is 2. The molecule has 0 fully saturated rings. The first-order chi connectivity index (χ1) is 16.2. The van der Waals surface area contributed by atoms with E-state index in [9.17, 15) is 4.79 Å². The van der Waals surface area contributed by atoms with Gasteiger partial charge in [-0.1, -0.05) is 37.3 Å². The van der Waals surface area contributed by atoms with E-state index in [4.69, 9.17) is 9.84 Å². The number of hydrazone groups is 1. The number of hydrogen-bond acceptors (Lipinski definition) is 4. The van der Waals surface area contributed by atoms with Crippen LogP contribution in [0.3, 0.4) is 0 Å². The Hall–Kier alpha value is -3.46. The number of benzene rings is 3. The maximum absolute atomic E-state index is 12.5. The normalized spacial score (nSPS) is 11.0. The summed E-state index contributed by atoms with van der Waals surface area (Å²) in [7, 11) is 0. The minimum atomic E-state index is -0.259. The van der Waals surface area contributed by atoms with Gasteiger partial charge in [-0.2, -0.15) is 10.2 Å². The summed E-state index contributed by atoms with van der Waals surface area (Å²) in [5, 5.41) is 8.99. The molecule has 6 nitrogen and oxygen atoms in total. The van der Waals surface area contributed by atoms with Crippen molar-refractivity contribution < 1.29 is 9.53 Å². The average Bonchev–Trinajstić information content (AvgIpc) is 3.28. The summed E-state index contributed by atoms with van der Waals surface area (Å²) in [6.45, 7) is 2.76. The van der Waals surface area contributed by atoms with E-state index in [1.807, 2.05) is 79.0 Å². The van der Waals surface area contributed by atoms with Gasteiger partial charge in [0.15, 0.2) is 0 Å². The Kier molecular flexibility index (Phi) is 7.51. The molecular formula is C26H23IN4O2. The van der Waals surface area contributed by atoms with Gasteiger partial charge in [0.1, 0.15) is 11.4 Å². The van der Waals surface area contributed by atoms with E-state index in [1.54, 1.807) is 17.0 Å². The summed E-state index contributed by atoms with van der Waals surface area (Å²) in [6, 6.07) is 25.1. The van der Waals surface area contributed by atoms with Gasteiger partial charge in [-0.25, -0.2) is 10.1 Å². The highest BCUT2D eigenvalue weighted by Crippen LogP contribution is 2.25. The minimum absolute atomic E-state index is 0.259. The van der Waals surface area contributed by atoms with Crippen molar-refractivity contribution in [2.45, 2.75) is 13.3 Å². The highest BCUT2D eigenvalue weighted by Gasteiger charge is 2.12. The van der Waals surface area contributed by atoms with Gasteiger partial charge in [-0.15, -0.1) is 0 Å². The predicted octanol–water partition coefficient (Wildman–Crippen LogP) is 5.70. The van der Waals surface area contributed by atoms with E-state index in [1.165, 1.54) is 0 Å². The zero-order chi connectivity index (χ0) is 23.0. The second-order valence-corrected chi connectivity index (χ2v) is 8.43. The smallest absolute Gasteiger partial charge is 0.272 e. The molecule has 0 aliphatic heterocycles. The van der Waals surface area contributed by atoms with Gasteiger partial charge < -0.3 is 4.74 Å². The zero-order valence-electron chi connectivity index (χ0n) is 18.1. The molecule has 7 heteroatoms. The molecule has 0 atom stereocenters. The first kappa shape index (κ1) is 22.7. The van der Waals surface area contributed by atoms with Crippen molar-refractivity contribution in [3.8, 4) is 22.7 Å². The Morgan fingerprint density at radius 2 is 1.79 bits per heavy atom. The van der Waals surface area contributed by atoms with Gasteiger partial charge in [0, 0.05) is 20.9 Å². The summed E-state index contributed by atoms with van der Waals surface area (Å²) in [5.74, 6) is 0.564. The molecule has 0 unspecified atom stereocenters. The van der Waals surface area contributed by atoms with Crippen LogP contribution in [0.1, 0.15) is 29.3 Å². The largest absolute Gasteiger partial charge is 0.494 e. The lowest BCUT2D eigenvalue weighted by Crippen LogP contribution is -2.18. The second-order valence-electron chi connectivity index (χ2n) is 7.26. The van der Waals surface area contributed by atoms with E-state index in [2.05, 4.69) is 40.0 Å². The molecule has 0 spiro atoms. The number of rotatable bonds is 8. The van der Waals surface area contributed by atoms with E-state index in [0.29, 0.717) is 12.2 Å². The molecule has 0 radical (unpaired) electrons. The van der Waals surface area contributed by atoms with Crippen molar-refractivity contribution in [1.82, 2.24) is 15.2 Å². The molecule has 166 valence electrons. The van der Waals surface area contributed by atoms with Crippen molar-refractivity contribution in [3.05, 3.63) is 99.8 Å². The Balaban J connectivity index is 1.62. The number of hydrogen-bond donors (Lipinski definition) is 1. The van der Waals surface area contributed by atoms with Crippen LogP contribution in [0.25, 0.3) is 16.9 Å². The lowest BCUT2D eigenvalue weighted by Gasteiger charge is -2.05. The van der Waals surface area contributed by atoms with Gasteiger partial charge in [0.05, 0.1) is 24.1 Å². The van der Waals surface area contributed by atoms with E-state index < -0.39 is 0 Å². The van der Waals surface area contributed by atoms with Gasteiger partial charge in [-0.3, -0.25) is 4.79 Å². The lowest BCUT2D eigenvalue weighted by molar-refractivity contribution is 0.0954. The first-order valence-corrected chi connectivity index (χ1v) is 11.7. The molecule has 1 aromatic heterocycles. The van der Waals surface area contributed by atoms with Gasteiger partial charge in [-0.05, 0) is 77.5 Å². The Labute approximate surface area is 206 Å². The number of halogens is 1. The van der Waals surface area contributed by atoms with Crippen LogP contribution in [0.15, 0.2) is 90.2 Å². The second kappa shape index (κ2) is 10.9. The minimum Gasteiger partial charge on any atom is -0.494 e. The monoisotopic (exact) mass is 550 g/mol. The van der Waals surface area contributed by atoms with Crippen molar-refractivity contribution >= 4 is 34.7 Å². The van der Waals surface area contributed by atoms with Crippen molar-refractivity contribution in [2.24, 2.45) is 5.10 Å². The fourth-order valence-corrected chi connectivity index (χ4v) is 3.85. The molecule has 0 aliphatic rings. The number of nitrogens with one attached hydrogen (secondary N) is 1. The number of para-hydroxylation sites is 1. The van der Waals surface area contributed by atoms with E-state index >= 15 is 0 Å². The molecule has 1 N–H and O–H groups in total. The maximum atomic E-state index is 12.5. The van der Waals surface area contributed by atoms with Crippen LogP contribution in [0.2, 0.25) is 0 Å². The van der Waals surface area contributed by atoms with Crippen LogP contribution in [0.4, 0.5) is 0 Å². The number of ether oxygens (including phenoxy) is 1. The molecule has 1 amide bonds. The molecule has 0 saturated carbocycles. The highest BCUT2D eigenvalue weighted by molar-refractivity contribution is 14.1. The molecule has 0 aliphatic carbocycles. The van der Waals surface area contributed by atoms with Gasteiger partial charge in [0.25, 0.3) is 5.91 Å². The Morgan fingerprint density at radius 1 is 1.06 bits per heavy atom. The Morgan fingerprint density at radius 3 is 2.52 bits per heavy atom. The lowest BCUT2D eigenvalue weighted by atomic mass is 10.1. The fourth-order valence-electron chi connectivity index (χ4n) is 3.21. The number of amides is 1. The van der Waals surface area contributed by atoms with Crippen LogP contribution in [-0.4, -0.2) is 28.5 Å². The molecule has 0 saturated heterocycles. The predicted molar refractivity (Wildman–Crippen MR) is 139 cm³/mol. The molecule has 1 heterocycles. The van der Waals surface area contributed by atoms with Gasteiger partial charge in [0.2, 0.25) is 0 Å². The molecule has 33 heavy (non-hydrogen) atoms. The number of carbonyl (C=O) groups excluding carboxylic acids is 1. The SMILES string of the molecule is CCCOc1ccc(-c2nn(-c3ccccc3)cc2/C=N\NC(=O)c2ccccc2I)cc1. The summed E-state index contributed by atoms with van der Waals surface area (Å²) < 4.78 is 8.37. The molecule has 3 aromatic carbocycles. The van der Waals surface area contributed by atoms with Crippen LogP contribution in [0.5, 0.6) is 5.75 Å². The van der Waals surface area contributed by atoms with Crippen molar-refractivity contribution in [3.63, 3.8) is 0 Å². The quantitative estimate of drug-likeness (QED) is 0.174.